The number of rotatable bonds is 11. The third-order valence-corrected chi connectivity index (χ3v) is 3.94. The highest BCUT2D eigenvalue weighted by Gasteiger charge is 2.09. The predicted molar refractivity (Wildman–Crippen MR) is 93.5 cm³/mol. The number of ether oxygens (including phenoxy) is 2. The van der Waals surface area contributed by atoms with Crippen molar-refractivity contribution in [1.82, 2.24) is 10.2 Å². The van der Waals surface area contributed by atoms with Crippen molar-refractivity contribution in [3.8, 4) is 11.5 Å². The fourth-order valence-corrected chi connectivity index (χ4v) is 2.42. The van der Waals surface area contributed by atoms with Crippen molar-refractivity contribution < 1.29 is 14.3 Å². The van der Waals surface area contributed by atoms with Crippen molar-refractivity contribution in [3.63, 3.8) is 0 Å². The highest BCUT2D eigenvalue weighted by molar-refractivity contribution is 5.95. The first-order chi connectivity index (χ1) is 11.1. The number of hydrogen-bond donors (Lipinski definition) is 1. The Bertz CT molecular complexity index is 451. The largest absolute Gasteiger partial charge is 0.497 e. The molecule has 0 spiro atoms. The Morgan fingerprint density at radius 1 is 1.00 bits per heavy atom. The summed E-state index contributed by atoms with van der Waals surface area (Å²) >= 11 is 0. The number of nitrogens with zero attached hydrogens (tertiary/aromatic N) is 1. The summed E-state index contributed by atoms with van der Waals surface area (Å²) < 4.78 is 10.4. The van der Waals surface area contributed by atoms with Crippen molar-refractivity contribution in [1.29, 1.82) is 0 Å². The number of hydrogen-bond acceptors (Lipinski definition) is 4. The average molecular weight is 322 g/mol. The molecule has 1 N–H and O–H groups in total. The van der Waals surface area contributed by atoms with E-state index in [2.05, 4.69) is 24.1 Å². The summed E-state index contributed by atoms with van der Waals surface area (Å²) in [7, 11) is 3.15. The molecule has 0 fully saturated rings. The van der Waals surface area contributed by atoms with Crippen LogP contribution in [0.2, 0.25) is 0 Å². The van der Waals surface area contributed by atoms with E-state index in [4.69, 9.17) is 9.47 Å². The topological polar surface area (TPSA) is 50.8 Å². The lowest BCUT2D eigenvalue weighted by atomic mass is 10.1. The van der Waals surface area contributed by atoms with Crippen LogP contribution in [0.1, 0.15) is 43.5 Å². The molecule has 0 aliphatic heterocycles. The van der Waals surface area contributed by atoms with Crippen LogP contribution in [0.3, 0.4) is 0 Å². The highest BCUT2D eigenvalue weighted by Crippen LogP contribution is 2.22. The molecule has 1 aromatic rings. The van der Waals surface area contributed by atoms with Crippen molar-refractivity contribution in [3.05, 3.63) is 23.8 Å². The Hall–Kier alpha value is -1.75. The molecular weight excluding hydrogens is 292 g/mol. The summed E-state index contributed by atoms with van der Waals surface area (Å²) in [6.07, 6.45) is 3.29. The predicted octanol–water partition coefficient (Wildman–Crippen LogP) is 2.95. The van der Waals surface area contributed by atoms with E-state index in [-0.39, 0.29) is 5.91 Å². The summed E-state index contributed by atoms with van der Waals surface area (Å²) in [6.45, 7) is 8.40. The number of amides is 1. The zero-order valence-corrected chi connectivity index (χ0v) is 14.9. The van der Waals surface area contributed by atoms with Gasteiger partial charge in [-0.05, 0) is 44.6 Å². The summed E-state index contributed by atoms with van der Waals surface area (Å²) in [5, 5.41) is 2.95. The number of carbonyl (C=O) groups excluding carboxylic acids is 1. The van der Waals surface area contributed by atoms with Crippen molar-refractivity contribution in [2.45, 2.75) is 33.1 Å². The number of carbonyl (C=O) groups is 1. The highest BCUT2D eigenvalue weighted by atomic mass is 16.5. The minimum Gasteiger partial charge on any atom is -0.497 e. The fraction of sp³-hybridized carbons (Fsp3) is 0.611. The van der Waals surface area contributed by atoms with E-state index >= 15 is 0 Å². The molecule has 0 aromatic heterocycles. The number of benzene rings is 1. The molecule has 5 nitrogen and oxygen atoms in total. The maximum absolute atomic E-state index is 12.2. The standard InChI is InChI=1S/C18H30N2O3/c1-5-20(6-2)11-9-7-8-10-19-18(21)15-12-16(22-3)14-17(13-15)23-4/h12-14H,5-11H2,1-4H3,(H,19,21). The molecule has 1 rings (SSSR count). The zero-order valence-electron chi connectivity index (χ0n) is 14.9. The van der Waals surface area contributed by atoms with Gasteiger partial charge in [-0.25, -0.2) is 0 Å². The summed E-state index contributed by atoms with van der Waals surface area (Å²) in [6, 6.07) is 5.19. The molecule has 0 radical (unpaired) electrons. The van der Waals surface area contributed by atoms with Gasteiger partial charge in [0.1, 0.15) is 11.5 Å². The SMILES string of the molecule is CCN(CC)CCCCCNC(=O)c1cc(OC)cc(OC)c1. The van der Waals surface area contributed by atoms with Gasteiger partial charge >= 0.3 is 0 Å². The zero-order chi connectivity index (χ0) is 17.1. The van der Waals surface area contributed by atoms with Gasteiger partial charge in [0.2, 0.25) is 0 Å². The summed E-state index contributed by atoms with van der Waals surface area (Å²) in [4.78, 5) is 14.6. The van der Waals surface area contributed by atoms with E-state index in [1.54, 1.807) is 32.4 Å². The molecule has 0 heterocycles. The molecule has 1 aromatic carbocycles. The number of methoxy groups -OCH3 is 2. The van der Waals surface area contributed by atoms with E-state index in [0.717, 1.165) is 32.5 Å². The Morgan fingerprint density at radius 2 is 1.61 bits per heavy atom. The molecule has 0 aliphatic carbocycles. The lowest BCUT2D eigenvalue weighted by Gasteiger charge is -2.17. The van der Waals surface area contributed by atoms with Crippen LogP contribution in [-0.2, 0) is 0 Å². The molecule has 5 heteroatoms. The smallest absolute Gasteiger partial charge is 0.251 e. The second kappa shape index (κ2) is 10.9. The summed E-state index contributed by atoms with van der Waals surface area (Å²) in [5.74, 6) is 1.15. The minimum atomic E-state index is -0.0917. The van der Waals surface area contributed by atoms with Crippen molar-refractivity contribution in [2.24, 2.45) is 0 Å². The van der Waals surface area contributed by atoms with E-state index in [9.17, 15) is 4.79 Å². The van der Waals surface area contributed by atoms with Crippen LogP contribution in [0, 0.1) is 0 Å². The maximum Gasteiger partial charge on any atom is 0.251 e. The fourth-order valence-electron chi connectivity index (χ4n) is 2.42. The van der Waals surface area contributed by atoms with Crippen LogP contribution in [0.4, 0.5) is 0 Å². The Labute approximate surface area is 140 Å². The maximum atomic E-state index is 12.2. The van der Waals surface area contributed by atoms with Gasteiger partial charge in [0.15, 0.2) is 0 Å². The van der Waals surface area contributed by atoms with Crippen LogP contribution in [0.25, 0.3) is 0 Å². The van der Waals surface area contributed by atoms with Gasteiger partial charge < -0.3 is 19.7 Å². The molecular formula is C18H30N2O3. The van der Waals surface area contributed by atoms with Gasteiger partial charge in [-0.15, -0.1) is 0 Å². The molecule has 0 saturated carbocycles. The summed E-state index contributed by atoms with van der Waals surface area (Å²) in [5.41, 5.74) is 0.560. The first-order valence-corrected chi connectivity index (χ1v) is 8.38. The Kier molecular flexibility index (Phi) is 9.14. The van der Waals surface area contributed by atoms with Gasteiger partial charge in [-0.3, -0.25) is 4.79 Å². The van der Waals surface area contributed by atoms with Gasteiger partial charge in [-0.1, -0.05) is 20.3 Å². The lowest BCUT2D eigenvalue weighted by molar-refractivity contribution is 0.0952. The second-order valence-electron chi connectivity index (χ2n) is 5.44. The molecule has 0 saturated heterocycles. The Morgan fingerprint density at radius 3 is 2.13 bits per heavy atom. The second-order valence-corrected chi connectivity index (χ2v) is 5.44. The number of nitrogens with one attached hydrogen (secondary N) is 1. The third-order valence-electron chi connectivity index (χ3n) is 3.94. The van der Waals surface area contributed by atoms with Gasteiger partial charge in [0, 0.05) is 18.2 Å². The van der Waals surface area contributed by atoms with Crippen LogP contribution >= 0.6 is 0 Å². The van der Waals surface area contributed by atoms with E-state index in [1.807, 2.05) is 0 Å². The van der Waals surface area contributed by atoms with Crippen molar-refractivity contribution in [2.75, 3.05) is 40.4 Å². The first kappa shape index (κ1) is 19.3. The first-order valence-electron chi connectivity index (χ1n) is 8.38. The molecule has 23 heavy (non-hydrogen) atoms. The van der Waals surface area contributed by atoms with Gasteiger partial charge in [0.25, 0.3) is 5.91 Å². The molecule has 130 valence electrons. The Balaban J connectivity index is 2.34. The quantitative estimate of drug-likeness (QED) is 0.636. The van der Waals surface area contributed by atoms with Crippen LogP contribution in [-0.4, -0.2) is 51.2 Å². The molecule has 0 aliphatic rings. The van der Waals surface area contributed by atoms with E-state index < -0.39 is 0 Å². The average Bonchev–Trinajstić information content (AvgIpc) is 2.60. The van der Waals surface area contributed by atoms with Gasteiger partial charge in [0.05, 0.1) is 14.2 Å². The molecule has 0 unspecified atom stereocenters. The van der Waals surface area contributed by atoms with E-state index in [1.165, 1.54) is 6.42 Å². The van der Waals surface area contributed by atoms with Crippen LogP contribution in [0.15, 0.2) is 18.2 Å². The normalized spacial score (nSPS) is 10.7. The number of unbranched alkanes of at least 4 members (excludes halogenated alkanes) is 2. The van der Waals surface area contributed by atoms with Crippen molar-refractivity contribution >= 4 is 5.91 Å². The molecule has 1 amide bonds. The molecule has 0 atom stereocenters. The monoisotopic (exact) mass is 322 g/mol. The minimum absolute atomic E-state index is 0.0917. The van der Waals surface area contributed by atoms with Gasteiger partial charge in [-0.2, -0.15) is 0 Å². The van der Waals surface area contributed by atoms with Crippen LogP contribution in [0.5, 0.6) is 11.5 Å². The third kappa shape index (κ3) is 6.91. The molecule has 0 bridgehead atoms. The van der Waals surface area contributed by atoms with Crippen LogP contribution < -0.4 is 14.8 Å². The lowest BCUT2D eigenvalue weighted by Crippen LogP contribution is -2.25. The van der Waals surface area contributed by atoms with E-state index in [0.29, 0.717) is 23.6 Å².